The zero-order chi connectivity index (χ0) is 15.1. The summed E-state index contributed by atoms with van der Waals surface area (Å²) in [7, 11) is -3.58. The third-order valence-electron chi connectivity index (χ3n) is 2.96. The van der Waals surface area contributed by atoms with Crippen molar-refractivity contribution in [3.63, 3.8) is 0 Å². The minimum Gasteiger partial charge on any atom is -0.313 e. The molecule has 1 heterocycles. The van der Waals surface area contributed by atoms with E-state index >= 15 is 0 Å². The molecule has 0 aliphatic rings. The Morgan fingerprint density at radius 1 is 1.00 bits per heavy atom. The highest BCUT2D eigenvalue weighted by Gasteiger charge is 2.14. The minimum atomic E-state index is -3.58. The van der Waals surface area contributed by atoms with Crippen LogP contribution < -0.4 is 10.0 Å². The number of benzene rings is 1. The van der Waals surface area contributed by atoms with Gasteiger partial charge in [-0.1, -0.05) is 43.3 Å². The quantitative estimate of drug-likeness (QED) is 0.816. The molecule has 0 spiro atoms. The number of rotatable bonds is 7. The van der Waals surface area contributed by atoms with Gasteiger partial charge in [0.05, 0.1) is 0 Å². The highest BCUT2D eigenvalue weighted by Crippen LogP contribution is 2.08. The summed E-state index contributed by atoms with van der Waals surface area (Å²) >= 11 is 0. The first kappa shape index (κ1) is 15.6. The third kappa shape index (κ3) is 4.63. The number of aromatic nitrogens is 1. The van der Waals surface area contributed by atoms with Gasteiger partial charge < -0.3 is 5.32 Å². The Morgan fingerprint density at radius 3 is 2.38 bits per heavy atom. The molecule has 0 atom stereocenters. The number of sulfonamides is 1. The summed E-state index contributed by atoms with van der Waals surface area (Å²) in [5.41, 5.74) is 1.86. The molecule has 0 fully saturated rings. The van der Waals surface area contributed by atoms with Crippen molar-refractivity contribution < 1.29 is 8.42 Å². The molecular weight excluding hydrogens is 286 g/mol. The first-order chi connectivity index (χ1) is 10.1. The highest BCUT2D eigenvalue weighted by molar-refractivity contribution is 7.89. The van der Waals surface area contributed by atoms with Crippen LogP contribution >= 0.6 is 0 Å². The molecule has 0 aliphatic heterocycles. The van der Waals surface area contributed by atoms with Gasteiger partial charge in [-0.15, -0.1) is 0 Å². The van der Waals surface area contributed by atoms with E-state index in [1.807, 2.05) is 37.3 Å². The Labute approximate surface area is 125 Å². The van der Waals surface area contributed by atoms with E-state index in [1.54, 1.807) is 12.3 Å². The van der Waals surface area contributed by atoms with Gasteiger partial charge in [0.2, 0.25) is 0 Å². The number of hydrogen-bond acceptors (Lipinski definition) is 4. The monoisotopic (exact) mass is 305 g/mol. The molecule has 0 aliphatic carbocycles. The minimum absolute atomic E-state index is 0.0404. The van der Waals surface area contributed by atoms with Gasteiger partial charge in [-0.25, -0.2) is 18.1 Å². The predicted molar refractivity (Wildman–Crippen MR) is 82.1 cm³/mol. The van der Waals surface area contributed by atoms with Gasteiger partial charge in [0, 0.05) is 19.3 Å². The van der Waals surface area contributed by atoms with Crippen molar-refractivity contribution in [2.45, 2.75) is 25.0 Å². The van der Waals surface area contributed by atoms with Crippen LogP contribution in [0, 0.1) is 0 Å². The molecular formula is C15H19N3O2S. The van der Waals surface area contributed by atoms with Crippen molar-refractivity contribution in [1.82, 2.24) is 15.0 Å². The van der Waals surface area contributed by atoms with Gasteiger partial charge in [0.15, 0.2) is 5.03 Å². The summed E-state index contributed by atoms with van der Waals surface area (Å²) in [6, 6.07) is 12.7. The van der Waals surface area contributed by atoms with Gasteiger partial charge in [-0.05, 0) is 23.7 Å². The van der Waals surface area contributed by atoms with Crippen LogP contribution in [0.1, 0.15) is 18.1 Å². The van der Waals surface area contributed by atoms with Crippen molar-refractivity contribution >= 4 is 10.0 Å². The predicted octanol–water partition coefficient (Wildman–Crippen LogP) is 1.67. The first-order valence-corrected chi connectivity index (χ1v) is 8.29. The van der Waals surface area contributed by atoms with Crippen molar-refractivity contribution in [2.24, 2.45) is 0 Å². The molecule has 5 nitrogen and oxygen atoms in total. The second-order valence-corrected chi connectivity index (χ2v) is 6.31. The van der Waals surface area contributed by atoms with Crippen LogP contribution in [0.15, 0.2) is 53.7 Å². The van der Waals surface area contributed by atoms with Crippen LogP contribution in [0.3, 0.4) is 0 Å². The third-order valence-corrected chi connectivity index (χ3v) is 4.28. The first-order valence-electron chi connectivity index (χ1n) is 6.81. The maximum atomic E-state index is 12.1. The maximum Gasteiger partial charge on any atom is 0.258 e. The summed E-state index contributed by atoms with van der Waals surface area (Å²) in [5, 5.41) is 3.20. The molecule has 0 bridgehead atoms. The molecule has 2 rings (SSSR count). The van der Waals surface area contributed by atoms with Crippen LogP contribution in [0.25, 0.3) is 0 Å². The smallest absolute Gasteiger partial charge is 0.258 e. The van der Waals surface area contributed by atoms with E-state index in [-0.39, 0.29) is 11.6 Å². The average molecular weight is 305 g/mol. The van der Waals surface area contributed by atoms with E-state index in [0.717, 1.165) is 17.7 Å². The summed E-state index contributed by atoms with van der Waals surface area (Å²) in [6.45, 7) is 3.81. The molecule has 0 saturated carbocycles. The number of hydrogen-bond donors (Lipinski definition) is 2. The standard InChI is InChI=1S/C15H19N3O2S/c1-2-16-10-14-8-9-15(17-11-14)21(19,20)18-12-13-6-4-3-5-7-13/h3-9,11,16,18H,2,10,12H2,1H3. The fraction of sp³-hybridized carbons (Fsp3) is 0.267. The van der Waals surface area contributed by atoms with Gasteiger partial charge in [0.1, 0.15) is 0 Å². The fourth-order valence-corrected chi connectivity index (χ4v) is 2.74. The molecule has 0 saturated heterocycles. The van der Waals surface area contributed by atoms with Crippen LogP contribution in [-0.4, -0.2) is 19.9 Å². The topological polar surface area (TPSA) is 71.1 Å². The molecule has 1 aromatic carbocycles. The molecule has 0 unspecified atom stereocenters. The largest absolute Gasteiger partial charge is 0.313 e. The SMILES string of the molecule is CCNCc1ccc(S(=O)(=O)NCc2ccccc2)nc1. The summed E-state index contributed by atoms with van der Waals surface area (Å²) < 4.78 is 26.8. The summed E-state index contributed by atoms with van der Waals surface area (Å²) in [4.78, 5) is 4.03. The van der Waals surface area contributed by atoms with Crippen molar-refractivity contribution in [1.29, 1.82) is 0 Å². The zero-order valence-electron chi connectivity index (χ0n) is 11.9. The van der Waals surface area contributed by atoms with Crippen molar-refractivity contribution in [2.75, 3.05) is 6.54 Å². The van der Waals surface area contributed by atoms with Gasteiger partial charge in [0.25, 0.3) is 10.0 Å². The van der Waals surface area contributed by atoms with E-state index in [4.69, 9.17) is 0 Å². The van der Waals surface area contributed by atoms with E-state index in [0.29, 0.717) is 6.54 Å². The lowest BCUT2D eigenvalue weighted by Gasteiger charge is -2.07. The molecule has 1 aromatic heterocycles. The Kier molecular flexibility index (Phi) is 5.44. The Bertz CT molecular complexity index is 655. The number of nitrogens with zero attached hydrogens (tertiary/aromatic N) is 1. The molecule has 0 amide bonds. The Morgan fingerprint density at radius 2 is 1.76 bits per heavy atom. The average Bonchev–Trinajstić information content (AvgIpc) is 2.52. The van der Waals surface area contributed by atoms with Gasteiger partial charge in [-0.2, -0.15) is 0 Å². The molecule has 0 radical (unpaired) electrons. The fourth-order valence-electron chi connectivity index (χ4n) is 1.79. The maximum absolute atomic E-state index is 12.1. The van der Waals surface area contributed by atoms with Crippen molar-refractivity contribution in [3.05, 3.63) is 59.8 Å². The molecule has 112 valence electrons. The zero-order valence-corrected chi connectivity index (χ0v) is 12.7. The molecule has 6 heteroatoms. The lowest BCUT2D eigenvalue weighted by Crippen LogP contribution is -2.24. The van der Waals surface area contributed by atoms with Crippen molar-refractivity contribution in [3.8, 4) is 0 Å². The molecule has 21 heavy (non-hydrogen) atoms. The lowest BCUT2D eigenvalue weighted by atomic mass is 10.2. The second kappa shape index (κ2) is 7.31. The lowest BCUT2D eigenvalue weighted by molar-refractivity contribution is 0.577. The normalized spacial score (nSPS) is 11.5. The summed E-state index contributed by atoms with van der Waals surface area (Å²) in [6.07, 6.45) is 1.58. The summed E-state index contributed by atoms with van der Waals surface area (Å²) in [5.74, 6) is 0. The van der Waals surface area contributed by atoms with Gasteiger partial charge in [-0.3, -0.25) is 0 Å². The van der Waals surface area contributed by atoms with E-state index < -0.39 is 10.0 Å². The van der Waals surface area contributed by atoms with Crippen LogP contribution in [-0.2, 0) is 23.1 Å². The van der Waals surface area contributed by atoms with Crippen LogP contribution in [0.5, 0.6) is 0 Å². The Balaban J connectivity index is 2.02. The number of pyridine rings is 1. The van der Waals surface area contributed by atoms with E-state index in [2.05, 4.69) is 15.0 Å². The second-order valence-electron chi connectivity index (χ2n) is 4.60. The Hall–Kier alpha value is -1.76. The highest BCUT2D eigenvalue weighted by atomic mass is 32.2. The number of nitrogens with one attached hydrogen (secondary N) is 2. The molecule has 2 N–H and O–H groups in total. The van der Waals surface area contributed by atoms with Gasteiger partial charge >= 0.3 is 0 Å². The van der Waals surface area contributed by atoms with Crippen LogP contribution in [0.2, 0.25) is 0 Å². The molecule has 2 aromatic rings. The van der Waals surface area contributed by atoms with E-state index in [1.165, 1.54) is 6.07 Å². The van der Waals surface area contributed by atoms with Crippen LogP contribution in [0.4, 0.5) is 0 Å². The van der Waals surface area contributed by atoms with E-state index in [9.17, 15) is 8.42 Å².